The van der Waals surface area contributed by atoms with Crippen molar-refractivity contribution in [1.29, 1.82) is 0 Å². The Morgan fingerprint density at radius 2 is 1.83 bits per heavy atom. The van der Waals surface area contributed by atoms with Crippen molar-refractivity contribution in [3.63, 3.8) is 0 Å². The minimum atomic E-state index is -1.28. The van der Waals surface area contributed by atoms with Crippen molar-refractivity contribution < 1.29 is 47.6 Å². The van der Waals surface area contributed by atoms with E-state index in [1.807, 2.05) is 13.8 Å². The lowest BCUT2D eigenvalue weighted by Gasteiger charge is -2.30. The van der Waals surface area contributed by atoms with Crippen molar-refractivity contribution in [3.8, 4) is 0 Å². The summed E-state index contributed by atoms with van der Waals surface area (Å²) in [6.07, 6.45) is 4.80. The van der Waals surface area contributed by atoms with Crippen LogP contribution in [0.1, 0.15) is 76.3 Å². The largest absolute Gasteiger partial charge is 0.467 e. The molecule has 0 spiro atoms. The maximum atomic E-state index is 13.8. The molecule has 0 radical (unpaired) electrons. The van der Waals surface area contributed by atoms with Gasteiger partial charge in [-0.05, 0) is 51.4 Å². The number of rotatable bonds is 18. The van der Waals surface area contributed by atoms with E-state index in [0.29, 0.717) is 19.3 Å². The second kappa shape index (κ2) is 18.9. The SMILES string of the molecule is CCOC(=O)/C=C\CC[C@H](NC(=O)c1ccno1)C(=O)N[C@@H](CCC(N)=O)C(=O)N1CCC[C@H]1C(=O)N[C@@H](CC(C)C)C(=O)OC. The lowest BCUT2D eigenvalue weighted by atomic mass is 10.0. The number of nitrogens with two attached hydrogens (primary N) is 1. The quantitative estimate of drug-likeness (QED) is 0.123. The van der Waals surface area contributed by atoms with Gasteiger partial charge < -0.3 is 40.6 Å². The summed E-state index contributed by atoms with van der Waals surface area (Å²) in [5.74, 6) is -4.67. The van der Waals surface area contributed by atoms with Crippen molar-refractivity contribution in [1.82, 2.24) is 26.0 Å². The highest BCUT2D eigenvalue weighted by atomic mass is 16.5. The van der Waals surface area contributed by atoms with Crippen LogP contribution in [0.4, 0.5) is 0 Å². The summed E-state index contributed by atoms with van der Waals surface area (Å²) in [5.41, 5.74) is 5.34. The highest BCUT2D eigenvalue weighted by Crippen LogP contribution is 2.21. The average molecular weight is 649 g/mol. The van der Waals surface area contributed by atoms with Gasteiger partial charge in [-0.3, -0.25) is 24.0 Å². The molecule has 1 saturated heterocycles. The number of hydrogen-bond donors (Lipinski definition) is 4. The fourth-order valence-electron chi connectivity index (χ4n) is 4.88. The van der Waals surface area contributed by atoms with E-state index in [1.165, 1.54) is 36.4 Å². The molecule has 1 fully saturated rings. The summed E-state index contributed by atoms with van der Waals surface area (Å²) >= 11 is 0. The van der Waals surface area contributed by atoms with Crippen LogP contribution in [0.2, 0.25) is 0 Å². The van der Waals surface area contributed by atoms with Crippen LogP contribution in [0, 0.1) is 5.92 Å². The Morgan fingerprint density at radius 3 is 2.43 bits per heavy atom. The first-order valence-electron chi connectivity index (χ1n) is 15.2. The van der Waals surface area contributed by atoms with Gasteiger partial charge in [-0.15, -0.1) is 0 Å². The minimum absolute atomic E-state index is 0.0118. The molecule has 16 heteroatoms. The molecule has 0 unspecified atom stereocenters. The molecule has 1 aliphatic rings. The van der Waals surface area contributed by atoms with Crippen LogP contribution in [0.5, 0.6) is 0 Å². The highest BCUT2D eigenvalue weighted by Gasteiger charge is 2.39. The number of amides is 5. The number of methoxy groups -OCH3 is 1. The number of aromatic nitrogens is 1. The first kappa shape index (κ1) is 37.4. The zero-order chi connectivity index (χ0) is 34.2. The lowest BCUT2D eigenvalue weighted by molar-refractivity contribution is -0.147. The smallest absolute Gasteiger partial charge is 0.330 e. The predicted molar refractivity (Wildman–Crippen MR) is 161 cm³/mol. The monoisotopic (exact) mass is 648 g/mol. The summed E-state index contributed by atoms with van der Waals surface area (Å²) < 4.78 is 14.5. The maximum absolute atomic E-state index is 13.8. The molecule has 5 amide bonds. The van der Waals surface area contributed by atoms with Crippen LogP contribution in [0.3, 0.4) is 0 Å². The number of likely N-dealkylation sites (tertiary alicyclic amines) is 1. The Morgan fingerprint density at radius 1 is 1.09 bits per heavy atom. The zero-order valence-electron chi connectivity index (χ0n) is 26.6. The van der Waals surface area contributed by atoms with E-state index in [0.717, 1.165) is 0 Å². The van der Waals surface area contributed by atoms with Crippen LogP contribution >= 0.6 is 0 Å². The molecule has 4 atom stereocenters. The van der Waals surface area contributed by atoms with E-state index in [1.54, 1.807) is 6.92 Å². The molecular weight excluding hydrogens is 604 g/mol. The second-order valence-electron chi connectivity index (χ2n) is 11.1. The fraction of sp³-hybridized carbons (Fsp3) is 0.600. The molecule has 0 bridgehead atoms. The number of esters is 2. The minimum Gasteiger partial charge on any atom is -0.467 e. The molecule has 0 saturated carbocycles. The van der Waals surface area contributed by atoms with Crippen LogP contribution in [-0.2, 0) is 38.2 Å². The second-order valence-corrected chi connectivity index (χ2v) is 11.1. The number of primary amides is 1. The number of allylic oxidation sites excluding steroid dienone is 1. The number of carbonyl (C=O) groups is 7. The number of hydrogen-bond acceptors (Lipinski definition) is 11. The third kappa shape index (κ3) is 12.0. The molecule has 0 aromatic carbocycles. The van der Waals surface area contributed by atoms with Gasteiger partial charge in [0.1, 0.15) is 24.2 Å². The van der Waals surface area contributed by atoms with E-state index in [2.05, 4.69) is 21.1 Å². The number of nitrogens with zero attached hydrogens (tertiary/aromatic N) is 2. The van der Waals surface area contributed by atoms with Crippen molar-refractivity contribution >= 4 is 41.5 Å². The maximum Gasteiger partial charge on any atom is 0.330 e. The normalized spacial score (nSPS) is 16.4. The molecule has 1 aliphatic heterocycles. The van der Waals surface area contributed by atoms with E-state index >= 15 is 0 Å². The number of nitrogens with one attached hydrogen (secondary N) is 3. The molecule has 1 aromatic heterocycles. The topological polar surface area (TPSA) is 229 Å². The molecular formula is C30H44N6O10. The molecule has 16 nitrogen and oxygen atoms in total. The van der Waals surface area contributed by atoms with Crippen molar-refractivity contribution in [3.05, 3.63) is 30.2 Å². The van der Waals surface area contributed by atoms with Crippen molar-refractivity contribution in [2.24, 2.45) is 11.7 Å². The zero-order valence-corrected chi connectivity index (χ0v) is 26.6. The van der Waals surface area contributed by atoms with Gasteiger partial charge in [-0.2, -0.15) is 0 Å². The standard InChI is InChI=1S/C30H44N6O10/c1-5-45-25(38)11-7-6-9-19(33-28(41)23-14-15-32-46-23)26(39)34-20(12-13-24(31)37)29(42)36-16-8-10-22(36)27(40)35-21(17-18(2)3)30(43)44-4/h7,11,14-15,18-22H,5-6,8-10,12-13,16-17H2,1-4H3,(H2,31,37)(H,33,41)(H,34,39)(H,35,40)/b11-7-/t19-,20-,21-,22-/m0/s1. The molecule has 5 N–H and O–H groups in total. The van der Waals surface area contributed by atoms with Crippen LogP contribution in [0.25, 0.3) is 0 Å². The molecule has 0 aliphatic carbocycles. The molecule has 254 valence electrons. The highest BCUT2D eigenvalue weighted by molar-refractivity contribution is 5.98. The van der Waals surface area contributed by atoms with Gasteiger partial charge in [0.25, 0.3) is 5.91 Å². The van der Waals surface area contributed by atoms with Gasteiger partial charge >= 0.3 is 11.9 Å². The third-order valence-electron chi connectivity index (χ3n) is 7.09. The Labute approximate surface area is 267 Å². The van der Waals surface area contributed by atoms with Gasteiger partial charge in [0.05, 0.1) is 19.9 Å². The first-order valence-corrected chi connectivity index (χ1v) is 15.2. The average Bonchev–Trinajstić information content (AvgIpc) is 3.72. The third-order valence-corrected chi connectivity index (χ3v) is 7.09. The Hall–Kier alpha value is -4.76. The van der Waals surface area contributed by atoms with Gasteiger partial charge in [-0.25, -0.2) is 9.59 Å². The van der Waals surface area contributed by atoms with Crippen LogP contribution < -0.4 is 21.7 Å². The van der Waals surface area contributed by atoms with Crippen molar-refractivity contribution in [2.75, 3.05) is 20.3 Å². The number of carbonyl (C=O) groups excluding carboxylic acids is 7. The summed E-state index contributed by atoms with van der Waals surface area (Å²) in [6.45, 7) is 5.81. The summed E-state index contributed by atoms with van der Waals surface area (Å²) in [7, 11) is 1.22. The molecule has 2 rings (SSSR count). The summed E-state index contributed by atoms with van der Waals surface area (Å²) in [5, 5.41) is 11.3. The van der Waals surface area contributed by atoms with E-state index in [4.69, 9.17) is 19.7 Å². The Kier molecular flexibility index (Phi) is 15.4. The molecule has 2 heterocycles. The number of ether oxygens (including phenoxy) is 2. The fourth-order valence-corrected chi connectivity index (χ4v) is 4.88. The van der Waals surface area contributed by atoms with Gasteiger partial charge in [-0.1, -0.05) is 25.1 Å². The molecule has 46 heavy (non-hydrogen) atoms. The van der Waals surface area contributed by atoms with E-state index in [9.17, 15) is 33.6 Å². The first-order chi connectivity index (χ1) is 21.9. The predicted octanol–water partition coefficient (Wildman–Crippen LogP) is 0.118. The summed E-state index contributed by atoms with van der Waals surface area (Å²) in [4.78, 5) is 90.2. The van der Waals surface area contributed by atoms with Gasteiger partial charge in [0, 0.05) is 25.1 Å². The van der Waals surface area contributed by atoms with E-state index in [-0.39, 0.29) is 50.5 Å². The van der Waals surface area contributed by atoms with Gasteiger partial charge in [0.2, 0.25) is 29.4 Å². The van der Waals surface area contributed by atoms with E-state index < -0.39 is 65.6 Å². The lowest BCUT2D eigenvalue weighted by Crippen LogP contribution is -2.57. The molecule has 1 aromatic rings. The van der Waals surface area contributed by atoms with Crippen LogP contribution in [-0.4, -0.2) is 96.0 Å². The van der Waals surface area contributed by atoms with Crippen LogP contribution in [0.15, 0.2) is 28.9 Å². The summed E-state index contributed by atoms with van der Waals surface area (Å²) in [6, 6.07) is -3.03. The van der Waals surface area contributed by atoms with Gasteiger partial charge in [0.15, 0.2) is 0 Å². The van der Waals surface area contributed by atoms with Crippen molar-refractivity contribution in [2.45, 2.75) is 89.9 Å². The Bertz CT molecular complexity index is 1250. The Balaban J connectivity index is 2.25.